The Balaban J connectivity index is 1.62. The molecular weight excluding hydrogens is 244 g/mol. The minimum Gasteiger partial charge on any atom is -0.383 e. The average molecular weight is 268 g/mol. The molecule has 2 aromatic rings. The first-order chi connectivity index (χ1) is 9.81. The lowest BCUT2D eigenvalue weighted by atomic mass is 9.98. The van der Waals surface area contributed by atoms with Gasteiger partial charge in [0.25, 0.3) is 0 Å². The molecule has 1 heterocycles. The highest BCUT2D eigenvalue weighted by molar-refractivity contribution is 5.85. The van der Waals surface area contributed by atoms with E-state index in [1.165, 1.54) is 48.7 Å². The molecule has 1 saturated heterocycles. The van der Waals surface area contributed by atoms with Crippen molar-refractivity contribution in [3.8, 4) is 0 Å². The molecule has 20 heavy (non-hydrogen) atoms. The van der Waals surface area contributed by atoms with E-state index in [1.807, 2.05) is 0 Å². The summed E-state index contributed by atoms with van der Waals surface area (Å²) >= 11 is 0. The van der Waals surface area contributed by atoms with E-state index in [-0.39, 0.29) is 0 Å². The Kier molecular flexibility index (Phi) is 4.22. The molecule has 0 radical (unpaired) electrons. The van der Waals surface area contributed by atoms with Crippen LogP contribution >= 0.6 is 0 Å². The van der Waals surface area contributed by atoms with Crippen molar-refractivity contribution in [3.63, 3.8) is 0 Å². The third-order valence-corrected chi connectivity index (χ3v) is 4.21. The van der Waals surface area contributed by atoms with E-state index in [4.69, 9.17) is 0 Å². The Bertz CT molecular complexity index is 558. The zero-order chi connectivity index (χ0) is 13.8. The van der Waals surface area contributed by atoms with Gasteiger partial charge in [-0.3, -0.25) is 0 Å². The maximum atomic E-state index is 3.64. The average Bonchev–Trinajstić information content (AvgIpc) is 2.48. The summed E-state index contributed by atoms with van der Waals surface area (Å²) < 4.78 is 0. The number of anilines is 1. The van der Waals surface area contributed by atoms with Crippen molar-refractivity contribution < 1.29 is 0 Å². The molecule has 2 heteroatoms. The van der Waals surface area contributed by atoms with Crippen LogP contribution in [0.4, 0.5) is 5.69 Å². The summed E-state index contributed by atoms with van der Waals surface area (Å²) in [6, 6.07) is 16.4. The molecule has 1 aliphatic rings. The van der Waals surface area contributed by atoms with Crippen LogP contribution < -0.4 is 10.6 Å². The second-order valence-corrected chi connectivity index (χ2v) is 5.99. The molecule has 2 unspecified atom stereocenters. The second-order valence-electron chi connectivity index (χ2n) is 5.99. The van der Waals surface area contributed by atoms with Gasteiger partial charge in [-0.1, -0.05) is 36.8 Å². The number of piperidine rings is 1. The smallest absolute Gasteiger partial charge is 0.0348 e. The first-order valence-corrected chi connectivity index (χ1v) is 7.80. The standard InChI is InChI=1S/C18H24N2/c1-14(12-17-8-4-5-11-19-17)20-18-10-9-15-6-2-3-7-16(15)13-18/h2-3,6-7,9-10,13-14,17,19-20H,4-5,8,11-12H2,1H3. The van der Waals surface area contributed by atoms with Gasteiger partial charge in [-0.05, 0) is 55.6 Å². The van der Waals surface area contributed by atoms with Gasteiger partial charge in [0, 0.05) is 17.8 Å². The van der Waals surface area contributed by atoms with E-state index in [1.54, 1.807) is 0 Å². The van der Waals surface area contributed by atoms with Crippen LogP contribution in [0.1, 0.15) is 32.6 Å². The molecule has 2 aromatic carbocycles. The number of hydrogen-bond donors (Lipinski definition) is 2. The summed E-state index contributed by atoms with van der Waals surface area (Å²) in [4.78, 5) is 0. The van der Waals surface area contributed by atoms with Gasteiger partial charge in [-0.15, -0.1) is 0 Å². The van der Waals surface area contributed by atoms with Crippen LogP contribution in [0.3, 0.4) is 0 Å². The number of nitrogens with one attached hydrogen (secondary N) is 2. The molecule has 1 aliphatic heterocycles. The number of hydrogen-bond acceptors (Lipinski definition) is 2. The molecule has 0 aromatic heterocycles. The van der Waals surface area contributed by atoms with Crippen LogP contribution in [-0.2, 0) is 0 Å². The molecule has 0 aliphatic carbocycles. The third-order valence-electron chi connectivity index (χ3n) is 4.21. The Hall–Kier alpha value is -1.54. The summed E-state index contributed by atoms with van der Waals surface area (Å²) in [5, 5.41) is 9.88. The van der Waals surface area contributed by atoms with Crippen molar-refractivity contribution in [3.05, 3.63) is 42.5 Å². The van der Waals surface area contributed by atoms with E-state index in [9.17, 15) is 0 Å². The molecule has 3 rings (SSSR count). The number of rotatable bonds is 4. The Labute approximate surface area is 121 Å². The normalized spacial score (nSPS) is 20.8. The molecule has 1 fully saturated rings. The predicted molar refractivity (Wildman–Crippen MR) is 87.3 cm³/mol. The molecule has 2 nitrogen and oxygen atoms in total. The zero-order valence-electron chi connectivity index (χ0n) is 12.2. The minimum absolute atomic E-state index is 0.506. The summed E-state index contributed by atoms with van der Waals surface area (Å²) in [6.07, 6.45) is 5.24. The van der Waals surface area contributed by atoms with Gasteiger partial charge in [-0.2, -0.15) is 0 Å². The van der Waals surface area contributed by atoms with E-state index in [2.05, 4.69) is 60.0 Å². The van der Waals surface area contributed by atoms with E-state index < -0.39 is 0 Å². The van der Waals surface area contributed by atoms with Gasteiger partial charge in [0.15, 0.2) is 0 Å². The highest BCUT2D eigenvalue weighted by Gasteiger charge is 2.15. The fraction of sp³-hybridized carbons (Fsp3) is 0.444. The fourth-order valence-corrected chi connectivity index (χ4v) is 3.17. The highest BCUT2D eigenvalue weighted by atomic mass is 15.0. The summed E-state index contributed by atoms with van der Waals surface area (Å²) in [6.45, 7) is 3.47. The lowest BCUT2D eigenvalue weighted by molar-refractivity contribution is 0.371. The van der Waals surface area contributed by atoms with Crippen molar-refractivity contribution >= 4 is 16.5 Å². The van der Waals surface area contributed by atoms with Gasteiger partial charge in [0.05, 0.1) is 0 Å². The molecule has 106 valence electrons. The lowest BCUT2D eigenvalue weighted by Gasteiger charge is -2.27. The highest BCUT2D eigenvalue weighted by Crippen LogP contribution is 2.20. The monoisotopic (exact) mass is 268 g/mol. The molecule has 2 N–H and O–H groups in total. The topological polar surface area (TPSA) is 24.1 Å². The third kappa shape index (κ3) is 3.31. The Morgan fingerprint density at radius 1 is 1.15 bits per heavy atom. The summed E-state index contributed by atoms with van der Waals surface area (Å²) in [5.74, 6) is 0. The zero-order valence-corrected chi connectivity index (χ0v) is 12.2. The quantitative estimate of drug-likeness (QED) is 0.869. The Morgan fingerprint density at radius 3 is 2.80 bits per heavy atom. The van der Waals surface area contributed by atoms with Gasteiger partial charge in [0.1, 0.15) is 0 Å². The SMILES string of the molecule is CC(CC1CCCCN1)Nc1ccc2ccccc2c1. The van der Waals surface area contributed by atoms with E-state index in [0.717, 1.165) is 0 Å². The van der Waals surface area contributed by atoms with Crippen molar-refractivity contribution in [2.75, 3.05) is 11.9 Å². The van der Waals surface area contributed by atoms with Crippen LogP contribution in [-0.4, -0.2) is 18.6 Å². The van der Waals surface area contributed by atoms with Crippen molar-refractivity contribution in [1.82, 2.24) is 5.32 Å². The largest absolute Gasteiger partial charge is 0.383 e. The first kappa shape index (κ1) is 13.4. The predicted octanol–water partition coefficient (Wildman–Crippen LogP) is 4.17. The molecule has 2 atom stereocenters. The fourth-order valence-electron chi connectivity index (χ4n) is 3.17. The van der Waals surface area contributed by atoms with Gasteiger partial charge in [0.2, 0.25) is 0 Å². The van der Waals surface area contributed by atoms with Crippen molar-refractivity contribution in [2.45, 2.75) is 44.7 Å². The minimum atomic E-state index is 0.506. The molecule has 0 spiro atoms. The van der Waals surface area contributed by atoms with E-state index in [0.29, 0.717) is 12.1 Å². The first-order valence-electron chi connectivity index (χ1n) is 7.80. The Morgan fingerprint density at radius 2 is 2.00 bits per heavy atom. The number of benzene rings is 2. The van der Waals surface area contributed by atoms with Gasteiger partial charge < -0.3 is 10.6 Å². The van der Waals surface area contributed by atoms with Crippen LogP contribution in [0, 0.1) is 0 Å². The lowest BCUT2D eigenvalue weighted by Crippen LogP contribution is -2.37. The summed E-state index contributed by atoms with van der Waals surface area (Å²) in [5.41, 5.74) is 1.23. The van der Waals surface area contributed by atoms with Gasteiger partial charge in [-0.25, -0.2) is 0 Å². The van der Waals surface area contributed by atoms with Crippen LogP contribution in [0.25, 0.3) is 10.8 Å². The van der Waals surface area contributed by atoms with Crippen molar-refractivity contribution in [2.24, 2.45) is 0 Å². The van der Waals surface area contributed by atoms with Crippen LogP contribution in [0.15, 0.2) is 42.5 Å². The van der Waals surface area contributed by atoms with Gasteiger partial charge >= 0.3 is 0 Å². The molecule has 0 amide bonds. The van der Waals surface area contributed by atoms with Crippen LogP contribution in [0.2, 0.25) is 0 Å². The molecule has 0 saturated carbocycles. The maximum Gasteiger partial charge on any atom is 0.0348 e. The van der Waals surface area contributed by atoms with Crippen molar-refractivity contribution in [1.29, 1.82) is 0 Å². The number of fused-ring (bicyclic) bond motifs is 1. The van der Waals surface area contributed by atoms with Crippen LogP contribution in [0.5, 0.6) is 0 Å². The van der Waals surface area contributed by atoms with E-state index >= 15 is 0 Å². The molecule has 0 bridgehead atoms. The second kappa shape index (κ2) is 6.27. The summed E-state index contributed by atoms with van der Waals surface area (Å²) in [7, 11) is 0. The maximum absolute atomic E-state index is 3.64. The molecular formula is C18H24N2.